The number of hydrogen-bond donors (Lipinski definition) is 2. The molecule has 1 amide bonds. The van der Waals surface area contributed by atoms with Crippen molar-refractivity contribution in [1.82, 2.24) is 20.7 Å². The fourth-order valence-electron chi connectivity index (χ4n) is 1.70. The topological polar surface area (TPSA) is 89.1 Å². The summed E-state index contributed by atoms with van der Waals surface area (Å²) in [6.45, 7) is 0.703. The van der Waals surface area contributed by atoms with Gasteiger partial charge in [-0.05, 0) is 17.7 Å². The van der Waals surface area contributed by atoms with Crippen LogP contribution in [0.5, 0.6) is 11.5 Å². The van der Waals surface area contributed by atoms with Crippen molar-refractivity contribution in [3.05, 3.63) is 30.0 Å². The Morgan fingerprint density at radius 1 is 1.40 bits per heavy atom. The Bertz CT molecular complexity index is 603. The molecule has 0 spiro atoms. The minimum absolute atomic E-state index is 0.0596. The molecule has 0 radical (unpaired) electrons. The molecule has 3 rings (SSSR count). The van der Waals surface area contributed by atoms with Crippen LogP contribution in [-0.4, -0.2) is 33.9 Å². The lowest BCUT2D eigenvalue weighted by Gasteiger charge is -2.05. The van der Waals surface area contributed by atoms with Gasteiger partial charge >= 0.3 is 0 Å². The summed E-state index contributed by atoms with van der Waals surface area (Å²) < 4.78 is 10.5. The maximum atomic E-state index is 11.7. The third-order valence-electron chi connectivity index (χ3n) is 2.67. The highest BCUT2D eigenvalue weighted by Crippen LogP contribution is 2.32. The van der Waals surface area contributed by atoms with Crippen molar-refractivity contribution in [1.29, 1.82) is 0 Å². The van der Waals surface area contributed by atoms with Gasteiger partial charge < -0.3 is 14.8 Å². The summed E-state index contributed by atoms with van der Waals surface area (Å²) in [7, 11) is 0. The van der Waals surface area contributed by atoms with Gasteiger partial charge in [-0.1, -0.05) is 17.8 Å². The van der Waals surface area contributed by atoms with Gasteiger partial charge in [-0.15, -0.1) is 5.10 Å². The second kappa shape index (κ2) is 5.83. The first-order valence-corrected chi connectivity index (χ1v) is 6.93. The summed E-state index contributed by atoms with van der Waals surface area (Å²) in [5.74, 6) is 1.70. The van der Waals surface area contributed by atoms with Crippen LogP contribution in [0.1, 0.15) is 5.56 Å². The highest BCUT2D eigenvalue weighted by molar-refractivity contribution is 7.99. The molecule has 0 aliphatic carbocycles. The lowest BCUT2D eigenvalue weighted by Crippen LogP contribution is -2.24. The summed E-state index contributed by atoms with van der Waals surface area (Å²) in [5.41, 5.74) is 0.967. The zero-order valence-electron chi connectivity index (χ0n) is 10.5. The number of nitrogens with zero attached hydrogens (tertiary/aromatic N) is 2. The molecule has 20 heavy (non-hydrogen) atoms. The van der Waals surface area contributed by atoms with Gasteiger partial charge in [0, 0.05) is 6.54 Å². The van der Waals surface area contributed by atoms with Crippen LogP contribution in [0.4, 0.5) is 0 Å². The fraction of sp³-hybridized carbons (Fsp3) is 0.250. The summed E-state index contributed by atoms with van der Waals surface area (Å²) in [6, 6.07) is 5.61. The van der Waals surface area contributed by atoms with Crippen LogP contribution in [0.15, 0.2) is 29.4 Å². The number of carbonyl (C=O) groups excluding carboxylic acids is 1. The van der Waals surface area contributed by atoms with Crippen LogP contribution in [0, 0.1) is 0 Å². The number of hydrogen-bond acceptors (Lipinski definition) is 6. The van der Waals surface area contributed by atoms with Gasteiger partial charge in [-0.2, -0.15) is 10.3 Å². The molecule has 7 nitrogen and oxygen atoms in total. The monoisotopic (exact) mass is 292 g/mol. The van der Waals surface area contributed by atoms with E-state index in [2.05, 4.69) is 20.7 Å². The molecule has 1 aliphatic rings. The van der Waals surface area contributed by atoms with Crippen molar-refractivity contribution in [2.75, 3.05) is 12.5 Å². The van der Waals surface area contributed by atoms with Crippen molar-refractivity contribution < 1.29 is 14.3 Å². The summed E-state index contributed by atoms with van der Waals surface area (Å²) in [6.07, 6.45) is 1.58. The number of thioether (sulfide) groups is 1. The van der Waals surface area contributed by atoms with Gasteiger partial charge in [0.25, 0.3) is 0 Å². The Morgan fingerprint density at radius 3 is 3.15 bits per heavy atom. The number of fused-ring (bicyclic) bond motifs is 1. The van der Waals surface area contributed by atoms with Crippen LogP contribution in [0.2, 0.25) is 0 Å². The molecule has 0 atom stereocenters. The minimum atomic E-state index is -0.0596. The largest absolute Gasteiger partial charge is 0.454 e. The Hall–Kier alpha value is -2.22. The highest BCUT2D eigenvalue weighted by atomic mass is 32.2. The van der Waals surface area contributed by atoms with E-state index >= 15 is 0 Å². The quantitative estimate of drug-likeness (QED) is 0.797. The molecule has 0 saturated heterocycles. The van der Waals surface area contributed by atoms with E-state index in [1.165, 1.54) is 11.8 Å². The number of benzene rings is 1. The number of ether oxygens (including phenoxy) is 2. The average molecular weight is 292 g/mol. The Morgan fingerprint density at radius 2 is 2.30 bits per heavy atom. The lowest BCUT2D eigenvalue weighted by atomic mass is 10.2. The van der Waals surface area contributed by atoms with Crippen molar-refractivity contribution in [2.45, 2.75) is 11.6 Å². The second-order valence-corrected chi connectivity index (χ2v) is 5.06. The van der Waals surface area contributed by atoms with E-state index in [1.807, 2.05) is 18.2 Å². The molecular weight excluding hydrogens is 280 g/mol. The summed E-state index contributed by atoms with van der Waals surface area (Å²) >= 11 is 1.33. The standard InChI is InChI=1S/C12H12N4O3S/c17-11(6-20-12-5-14-16-15-12)13-4-8-1-2-9-10(3-8)19-7-18-9/h1-3,5H,4,6-7H2,(H,13,17)(H,14,15,16). The fourth-order valence-corrected chi connectivity index (χ4v) is 2.32. The lowest BCUT2D eigenvalue weighted by molar-refractivity contribution is -0.118. The van der Waals surface area contributed by atoms with Crippen LogP contribution in [0.3, 0.4) is 0 Å². The number of aromatic amines is 1. The van der Waals surface area contributed by atoms with E-state index in [1.54, 1.807) is 6.20 Å². The summed E-state index contributed by atoms with van der Waals surface area (Å²) in [5, 5.41) is 13.6. The van der Waals surface area contributed by atoms with Crippen molar-refractivity contribution in [3.63, 3.8) is 0 Å². The Labute approximate surface area is 119 Å². The second-order valence-electron chi connectivity index (χ2n) is 4.06. The van der Waals surface area contributed by atoms with Crippen LogP contribution < -0.4 is 14.8 Å². The van der Waals surface area contributed by atoms with Crippen LogP contribution >= 0.6 is 11.8 Å². The zero-order chi connectivity index (χ0) is 13.8. The Balaban J connectivity index is 1.48. The highest BCUT2D eigenvalue weighted by Gasteiger charge is 2.13. The van der Waals surface area contributed by atoms with E-state index in [-0.39, 0.29) is 12.7 Å². The molecule has 2 N–H and O–H groups in total. The van der Waals surface area contributed by atoms with Crippen LogP contribution in [-0.2, 0) is 11.3 Å². The SMILES string of the molecule is O=C(CSc1cn[nH]n1)NCc1ccc2c(c1)OCO2. The summed E-state index contributed by atoms with van der Waals surface area (Å²) in [4.78, 5) is 11.7. The number of carbonyl (C=O) groups is 1. The molecule has 0 saturated carbocycles. The maximum Gasteiger partial charge on any atom is 0.231 e. The van der Waals surface area contributed by atoms with Crippen molar-refractivity contribution >= 4 is 17.7 Å². The van der Waals surface area contributed by atoms with Gasteiger partial charge in [0.1, 0.15) is 5.03 Å². The molecule has 2 heterocycles. The average Bonchev–Trinajstić information content (AvgIpc) is 3.13. The van der Waals surface area contributed by atoms with Gasteiger partial charge in [-0.25, -0.2) is 0 Å². The first kappa shape index (κ1) is 12.8. The predicted molar refractivity (Wildman–Crippen MR) is 71.5 cm³/mol. The maximum absolute atomic E-state index is 11.7. The molecular formula is C12H12N4O3S. The molecule has 104 valence electrons. The number of aromatic nitrogens is 3. The van der Waals surface area contributed by atoms with E-state index in [0.29, 0.717) is 23.1 Å². The van der Waals surface area contributed by atoms with E-state index in [9.17, 15) is 4.79 Å². The molecule has 1 aromatic heterocycles. The molecule has 1 aliphatic heterocycles. The predicted octanol–water partition coefficient (Wildman–Crippen LogP) is 0.942. The molecule has 1 aromatic carbocycles. The van der Waals surface area contributed by atoms with E-state index in [4.69, 9.17) is 9.47 Å². The molecule has 0 fully saturated rings. The minimum Gasteiger partial charge on any atom is -0.454 e. The van der Waals surface area contributed by atoms with Gasteiger partial charge in [-0.3, -0.25) is 4.79 Å². The van der Waals surface area contributed by atoms with Crippen molar-refractivity contribution in [3.8, 4) is 11.5 Å². The number of H-pyrrole nitrogens is 1. The molecule has 8 heteroatoms. The number of amides is 1. The molecule has 2 aromatic rings. The first-order valence-electron chi connectivity index (χ1n) is 5.95. The normalized spacial score (nSPS) is 12.4. The van der Waals surface area contributed by atoms with Gasteiger partial charge in [0.05, 0.1) is 11.9 Å². The zero-order valence-corrected chi connectivity index (χ0v) is 11.3. The molecule has 0 unspecified atom stereocenters. The molecule has 0 bridgehead atoms. The third kappa shape index (κ3) is 3.02. The Kier molecular flexibility index (Phi) is 3.73. The van der Waals surface area contributed by atoms with E-state index < -0.39 is 0 Å². The smallest absolute Gasteiger partial charge is 0.231 e. The van der Waals surface area contributed by atoms with Gasteiger partial charge in [0.2, 0.25) is 12.7 Å². The van der Waals surface area contributed by atoms with E-state index in [0.717, 1.165) is 11.3 Å². The number of rotatable bonds is 5. The van der Waals surface area contributed by atoms with Gasteiger partial charge in [0.15, 0.2) is 11.5 Å². The van der Waals surface area contributed by atoms with Crippen molar-refractivity contribution in [2.24, 2.45) is 0 Å². The number of nitrogens with one attached hydrogen (secondary N) is 2. The third-order valence-corrected chi connectivity index (χ3v) is 3.57. The first-order chi connectivity index (χ1) is 9.81. The van der Waals surface area contributed by atoms with Crippen LogP contribution in [0.25, 0.3) is 0 Å².